The van der Waals surface area contributed by atoms with Crippen molar-refractivity contribution in [3.63, 3.8) is 0 Å². The molecule has 3 heteroatoms. The van der Waals surface area contributed by atoms with Crippen LogP contribution in [0, 0.1) is 31.5 Å². The number of benzene rings is 5. The number of hydrogen-bond donors (Lipinski definition) is 0. The van der Waals surface area contributed by atoms with Crippen molar-refractivity contribution in [1.82, 2.24) is 0 Å². The summed E-state index contributed by atoms with van der Waals surface area (Å²) in [7, 11) is 0. The number of nitrogens with zero attached hydrogens (tertiary/aromatic N) is 1. The third-order valence-corrected chi connectivity index (χ3v) is 14.1. The standard InChI is InChI=1S/C35H31BIN/c1-5-26-21-32-35-34(22-26)38(28-9-7-6-8-10-28)33-20-25(4)14-18-30(33)36(35)29-17-13-24(3)19-31(29)37(32)27-15-11-23(2)12-16-27/h6-22H,5H2,1-4H3. The SMILES string of the molecule is CCc1cc2c3c(c1)I(c1ccc(C)cc1)c1cc(C)ccc1B3c1ccc(C)cc1N2c1ccccc1. The molecule has 1 nitrogen and oxygen atoms in total. The van der Waals surface area contributed by atoms with E-state index >= 15 is 0 Å². The van der Waals surface area contributed by atoms with Gasteiger partial charge in [0.2, 0.25) is 0 Å². The summed E-state index contributed by atoms with van der Waals surface area (Å²) >= 11 is -1.93. The molecule has 0 unspecified atom stereocenters. The van der Waals surface area contributed by atoms with Gasteiger partial charge in [-0.1, -0.05) is 0 Å². The van der Waals surface area contributed by atoms with Crippen LogP contribution >= 0.6 is 19.8 Å². The van der Waals surface area contributed by atoms with E-state index in [1.165, 1.54) is 59.3 Å². The van der Waals surface area contributed by atoms with E-state index in [2.05, 4.69) is 136 Å². The van der Waals surface area contributed by atoms with Gasteiger partial charge in [-0.2, -0.15) is 0 Å². The quantitative estimate of drug-likeness (QED) is 0.153. The van der Waals surface area contributed by atoms with Crippen LogP contribution in [-0.2, 0) is 6.42 Å². The van der Waals surface area contributed by atoms with Crippen molar-refractivity contribution in [2.45, 2.75) is 34.1 Å². The molecule has 0 aromatic heterocycles. The van der Waals surface area contributed by atoms with E-state index in [-0.39, 0.29) is 6.71 Å². The Hall–Kier alpha value is -3.31. The first-order valence-electron chi connectivity index (χ1n) is 13.5. The number of anilines is 3. The van der Waals surface area contributed by atoms with Crippen molar-refractivity contribution >= 4 is 60.0 Å². The topological polar surface area (TPSA) is 3.24 Å². The molecule has 5 aromatic carbocycles. The van der Waals surface area contributed by atoms with Crippen molar-refractivity contribution in [2.75, 3.05) is 4.90 Å². The monoisotopic (exact) mass is 603 g/mol. The van der Waals surface area contributed by atoms with Crippen LogP contribution in [0.3, 0.4) is 0 Å². The maximum absolute atomic E-state index is 2.57. The van der Waals surface area contributed by atoms with E-state index < -0.39 is 19.8 Å². The number of rotatable bonds is 3. The fraction of sp³-hybridized carbons (Fsp3) is 0.143. The van der Waals surface area contributed by atoms with Gasteiger partial charge >= 0.3 is 235 Å². The predicted octanol–water partition coefficient (Wildman–Crippen LogP) is 7.20. The van der Waals surface area contributed by atoms with E-state index in [0.717, 1.165) is 6.42 Å². The van der Waals surface area contributed by atoms with Crippen molar-refractivity contribution in [2.24, 2.45) is 0 Å². The molecule has 0 saturated carbocycles. The molecule has 7 rings (SSSR count). The van der Waals surface area contributed by atoms with Gasteiger partial charge in [-0.15, -0.1) is 0 Å². The Labute approximate surface area is 234 Å². The van der Waals surface area contributed by atoms with Crippen LogP contribution in [0.25, 0.3) is 0 Å². The van der Waals surface area contributed by atoms with Gasteiger partial charge in [0.15, 0.2) is 0 Å². The predicted molar refractivity (Wildman–Crippen MR) is 172 cm³/mol. The summed E-state index contributed by atoms with van der Waals surface area (Å²) in [4.78, 5) is 2.54. The molecule has 0 aliphatic carbocycles. The molecule has 0 fully saturated rings. The zero-order valence-corrected chi connectivity index (χ0v) is 24.6. The van der Waals surface area contributed by atoms with Crippen molar-refractivity contribution < 1.29 is 0 Å². The third kappa shape index (κ3) is 3.66. The van der Waals surface area contributed by atoms with Gasteiger partial charge in [-0.05, 0) is 0 Å². The van der Waals surface area contributed by atoms with Crippen molar-refractivity contribution in [3.05, 3.63) is 136 Å². The Morgan fingerprint density at radius 3 is 2.05 bits per heavy atom. The summed E-state index contributed by atoms with van der Waals surface area (Å²) in [6.07, 6.45) is 1.03. The Bertz CT molecular complexity index is 1690. The molecule has 5 aromatic rings. The molecule has 0 spiro atoms. The van der Waals surface area contributed by atoms with Crippen LogP contribution in [0.15, 0.2) is 103 Å². The van der Waals surface area contributed by atoms with Crippen molar-refractivity contribution in [1.29, 1.82) is 0 Å². The minimum atomic E-state index is -1.93. The second-order valence-electron chi connectivity index (χ2n) is 10.6. The van der Waals surface area contributed by atoms with Crippen molar-refractivity contribution in [3.8, 4) is 0 Å². The van der Waals surface area contributed by atoms with E-state index in [0.29, 0.717) is 0 Å². The van der Waals surface area contributed by atoms with Crippen LogP contribution in [0.4, 0.5) is 17.1 Å². The molecule has 38 heavy (non-hydrogen) atoms. The van der Waals surface area contributed by atoms with Gasteiger partial charge in [-0.3, -0.25) is 0 Å². The van der Waals surface area contributed by atoms with Crippen LogP contribution in [-0.4, -0.2) is 6.71 Å². The van der Waals surface area contributed by atoms with Crippen LogP contribution in [0.1, 0.15) is 29.2 Å². The number of aryl methyl sites for hydroxylation is 4. The molecule has 2 heterocycles. The van der Waals surface area contributed by atoms with Gasteiger partial charge < -0.3 is 0 Å². The summed E-state index contributed by atoms with van der Waals surface area (Å²) in [5, 5.41) is 0. The Balaban J connectivity index is 1.61. The van der Waals surface area contributed by atoms with E-state index in [1.807, 2.05) is 0 Å². The fourth-order valence-corrected chi connectivity index (χ4v) is 12.9. The Kier molecular flexibility index (Phi) is 5.74. The first-order chi connectivity index (χ1) is 18.5. The molecule has 2 aliphatic rings. The number of hydrogen-bond acceptors (Lipinski definition) is 1. The summed E-state index contributed by atoms with van der Waals surface area (Å²) in [6.45, 7) is 9.22. The molecule has 0 saturated heterocycles. The van der Waals surface area contributed by atoms with E-state index in [9.17, 15) is 0 Å². The van der Waals surface area contributed by atoms with Gasteiger partial charge in [-0.25, -0.2) is 0 Å². The Morgan fingerprint density at radius 1 is 0.632 bits per heavy atom. The first kappa shape index (κ1) is 23.8. The second kappa shape index (κ2) is 9.16. The third-order valence-electron chi connectivity index (χ3n) is 7.96. The molecule has 0 radical (unpaired) electrons. The van der Waals surface area contributed by atoms with Gasteiger partial charge in [0, 0.05) is 0 Å². The first-order valence-corrected chi connectivity index (χ1v) is 16.8. The molecular weight excluding hydrogens is 572 g/mol. The van der Waals surface area contributed by atoms with Gasteiger partial charge in [0.05, 0.1) is 0 Å². The Morgan fingerprint density at radius 2 is 1.32 bits per heavy atom. The van der Waals surface area contributed by atoms with Gasteiger partial charge in [0.25, 0.3) is 0 Å². The molecule has 0 amide bonds. The van der Waals surface area contributed by atoms with E-state index in [1.54, 1.807) is 7.14 Å². The normalized spacial score (nSPS) is 14.2. The average Bonchev–Trinajstić information content (AvgIpc) is 2.93. The van der Waals surface area contributed by atoms with Crippen LogP contribution < -0.4 is 21.3 Å². The molecule has 0 N–H and O–H groups in total. The minimum absolute atomic E-state index is 0.260. The summed E-state index contributed by atoms with van der Waals surface area (Å²) in [5.74, 6) is 0. The molecule has 0 bridgehead atoms. The molecule has 186 valence electrons. The average molecular weight is 603 g/mol. The molecule has 0 atom stereocenters. The van der Waals surface area contributed by atoms with Gasteiger partial charge in [0.1, 0.15) is 0 Å². The second-order valence-corrected chi connectivity index (χ2v) is 15.8. The summed E-state index contributed by atoms with van der Waals surface area (Å²) in [5.41, 5.74) is 13.8. The zero-order chi connectivity index (χ0) is 26.0. The molecular formula is C35H31BIN. The summed E-state index contributed by atoms with van der Waals surface area (Å²) in [6, 6.07) is 39.8. The number of para-hydroxylation sites is 1. The maximum atomic E-state index is 2.57. The van der Waals surface area contributed by atoms with Crippen LogP contribution in [0.2, 0.25) is 0 Å². The van der Waals surface area contributed by atoms with E-state index in [4.69, 9.17) is 0 Å². The number of fused-ring (bicyclic) bond motifs is 4. The number of halogens is 1. The summed E-state index contributed by atoms with van der Waals surface area (Å²) < 4.78 is 4.75. The molecule has 2 aliphatic heterocycles. The van der Waals surface area contributed by atoms with Crippen LogP contribution in [0.5, 0.6) is 0 Å². The zero-order valence-electron chi connectivity index (χ0n) is 22.4. The fourth-order valence-electron chi connectivity index (χ4n) is 6.08.